The van der Waals surface area contributed by atoms with Gasteiger partial charge in [0.25, 0.3) is 5.91 Å². The third-order valence-electron chi connectivity index (χ3n) is 6.67. The Morgan fingerprint density at radius 3 is 2.47 bits per heavy atom. The number of amides is 1. The minimum Gasteiger partial charge on any atom is -0.465 e. The van der Waals surface area contributed by atoms with Crippen molar-refractivity contribution >= 4 is 35.0 Å². The van der Waals surface area contributed by atoms with Crippen LogP contribution < -0.4 is 10.6 Å². The highest BCUT2D eigenvalue weighted by molar-refractivity contribution is 8.01. The molecule has 1 heterocycles. The van der Waals surface area contributed by atoms with Gasteiger partial charge in [0.05, 0.1) is 12.2 Å². The molecule has 0 fully saturated rings. The van der Waals surface area contributed by atoms with E-state index in [4.69, 9.17) is 4.74 Å². The summed E-state index contributed by atoms with van der Waals surface area (Å²) >= 11 is 1.51. The summed E-state index contributed by atoms with van der Waals surface area (Å²) in [6, 6.07) is 16.0. The molecule has 0 bridgehead atoms. The molecule has 2 aromatic rings. The highest BCUT2D eigenvalue weighted by Crippen LogP contribution is 2.37. The number of hydrogen-bond donors (Lipinski definition) is 2. The second kappa shape index (κ2) is 12.5. The van der Waals surface area contributed by atoms with E-state index in [-0.39, 0.29) is 17.5 Å². The van der Waals surface area contributed by atoms with Crippen LogP contribution in [0.4, 0.5) is 11.4 Å². The van der Waals surface area contributed by atoms with E-state index in [2.05, 4.69) is 29.4 Å². The summed E-state index contributed by atoms with van der Waals surface area (Å²) in [6.07, 6.45) is 4.70. The highest BCUT2D eigenvalue weighted by atomic mass is 32.2. The lowest BCUT2D eigenvalue weighted by molar-refractivity contribution is -0.145. The van der Waals surface area contributed by atoms with Crippen molar-refractivity contribution in [3.63, 3.8) is 0 Å². The number of nitrogens with zero attached hydrogens (tertiary/aromatic N) is 1. The molecule has 1 amide bonds. The van der Waals surface area contributed by atoms with E-state index in [1.165, 1.54) is 11.8 Å². The summed E-state index contributed by atoms with van der Waals surface area (Å²) in [5.41, 5.74) is 2.44. The zero-order valence-electron chi connectivity index (χ0n) is 22.4. The lowest BCUT2D eigenvalue weighted by atomic mass is 9.92. The molecule has 196 valence electrons. The number of thioether (sulfide) groups is 1. The number of para-hydroxylation sites is 1. The molecule has 6 nitrogen and oxygen atoms in total. The number of hydrogen-bond acceptors (Lipinski definition) is 6. The van der Waals surface area contributed by atoms with Crippen LogP contribution in [0.15, 0.2) is 53.4 Å². The molecule has 2 aromatic carbocycles. The first kappa shape index (κ1) is 27.9. The Labute approximate surface area is 220 Å². The Bertz CT molecular complexity index is 1020. The number of nitrogens with one attached hydrogen (secondary N) is 2. The number of esters is 1. The molecule has 0 radical (unpaired) electrons. The Balaban J connectivity index is 1.52. The average molecular weight is 512 g/mol. The van der Waals surface area contributed by atoms with Gasteiger partial charge in [-0.2, -0.15) is 0 Å². The van der Waals surface area contributed by atoms with E-state index in [0.29, 0.717) is 6.61 Å². The van der Waals surface area contributed by atoms with Gasteiger partial charge in [-0.05, 0) is 82.9 Å². The molecule has 1 atom stereocenters. The molecule has 3 rings (SSSR count). The highest BCUT2D eigenvalue weighted by Gasteiger charge is 2.42. The first-order valence-corrected chi connectivity index (χ1v) is 14.0. The Morgan fingerprint density at radius 2 is 1.81 bits per heavy atom. The molecule has 0 aliphatic carbocycles. The maximum Gasteiger partial charge on any atom is 0.321 e. The van der Waals surface area contributed by atoms with E-state index >= 15 is 0 Å². The van der Waals surface area contributed by atoms with Gasteiger partial charge in [-0.3, -0.25) is 9.59 Å². The molecular weight excluding hydrogens is 470 g/mol. The summed E-state index contributed by atoms with van der Waals surface area (Å²) < 4.78 is 4.55. The van der Waals surface area contributed by atoms with Crippen molar-refractivity contribution in [1.82, 2.24) is 4.90 Å². The van der Waals surface area contributed by atoms with Crippen LogP contribution in [0, 0.1) is 0 Å². The third kappa shape index (κ3) is 6.55. The van der Waals surface area contributed by atoms with Crippen molar-refractivity contribution in [2.24, 2.45) is 0 Å². The van der Waals surface area contributed by atoms with Crippen molar-refractivity contribution in [3.8, 4) is 0 Å². The first-order chi connectivity index (χ1) is 17.3. The van der Waals surface area contributed by atoms with Gasteiger partial charge in [0.1, 0.15) is 10.4 Å². The van der Waals surface area contributed by atoms with Gasteiger partial charge in [-0.25, -0.2) is 0 Å². The molecule has 7 heteroatoms. The number of unbranched alkanes of at least 4 members (excludes halogenated alkanes) is 1. The van der Waals surface area contributed by atoms with Gasteiger partial charge < -0.3 is 20.3 Å². The SMILES string of the molecule is CCCC1(CC)Nc2ccccc2C(=O)N1CCCCNc1ccc(SC(C)(C)C(=O)OCC)cc1. The zero-order chi connectivity index (χ0) is 26.2. The number of anilines is 2. The van der Waals surface area contributed by atoms with Crippen molar-refractivity contribution in [3.05, 3.63) is 54.1 Å². The lowest BCUT2D eigenvalue weighted by Crippen LogP contribution is -2.59. The number of rotatable bonds is 13. The van der Waals surface area contributed by atoms with Crippen LogP contribution in [0.25, 0.3) is 0 Å². The fourth-order valence-electron chi connectivity index (χ4n) is 4.73. The maximum absolute atomic E-state index is 13.4. The lowest BCUT2D eigenvalue weighted by Gasteiger charge is -2.48. The Kier molecular flexibility index (Phi) is 9.71. The standard InChI is InChI=1S/C29H41N3O3S/c1-6-19-29(7-2)31-25-14-10-9-13-24(25)26(33)32(29)21-12-11-20-30-22-15-17-23(18-16-22)36-28(4,5)27(34)35-8-3/h9-10,13-18,30-31H,6-8,11-12,19-21H2,1-5H3. The summed E-state index contributed by atoms with van der Waals surface area (Å²) in [6.45, 7) is 11.9. The number of carbonyl (C=O) groups is 2. The zero-order valence-corrected chi connectivity index (χ0v) is 23.2. The molecule has 0 aromatic heterocycles. The quantitative estimate of drug-likeness (QED) is 0.175. The van der Waals surface area contributed by atoms with Crippen LogP contribution >= 0.6 is 11.8 Å². The van der Waals surface area contributed by atoms with Crippen molar-refractivity contribution in [1.29, 1.82) is 0 Å². The second-order valence-electron chi connectivity index (χ2n) is 9.75. The predicted octanol–water partition coefficient (Wildman–Crippen LogP) is 6.79. The number of ether oxygens (including phenoxy) is 1. The average Bonchev–Trinajstić information content (AvgIpc) is 2.86. The monoisotopic (exact) mass is 511 g/mol. The Hall–Kier alpha value is -2.67. The second-order valence-corrected chi connectivity index (χ2v) is 11.4. The van der Waals surface area contributed by atoms with Gasteiger partial charge in [-0.1, -0.05) is 32.4 Å². The van der Waals surface area contributed by atoms with Gasteiger partial charge in [0, 0.05) is 29.4 Å². The van der Waals surface area contributed by atoms with Crippen molar-refractivity contribution in [2.45, 2.75) is 82.0 Å². The van der Waals surface area contributed by atoms with E-state index < -0.39 is 4.75 Å². The molecule has 36 heavy (non-hydrogen) atoms. The predicted molar refractivity (Wildman–Crippen MR) is 150 cm³/mol. The number of carbonyl (C=O) groups excluding carboxylic acids is 2. The van der Waals surface area contributed by atoms with Crippen LogP contribution in [-0.4, -0.2) is 46.9 Å². The topological polar surface area (TPSA) is 70.7 Å². The summed E-state index contributed by atoms with van der Waals surface area (Å²) in [4.78, 5) is 28.6. The summed E-state index contributed by atoms with van der Waals surface area (Å²) in [7, 11) is 0. The van der Waals surface area contributed by atoms with Gasteiger partial charge in [-0.15, -0.1) is 11.8 Å². The van der Waals surface area contributed by atoms with Crippen molar-refractivity contribution in [2.75, 3.05) is 30.3 Å². The van der Waals surface area contributed by atoms with E-state index in [1.54, 1.807) is 0 Å². The molecule has 1 aliphatic rings. The molecule has 1 aliphatic heterocycles. The summed E-state index contributed by atoms with van der Waals surface area (Å²) in [5.74, 6) is -0.0689. The molecule has 1 unspecified atom stereocenters. The smallest absolute Gasteiger partial charge is 0.321 e. The van der Waals surface area contributed by atoms with Gasteiger partial charge in [0.15, 0.2) is 0 Å². The van der Waals surface area contributed by atoms with Gasteiger partial charge in [0.2, 0.25) is 0 Å². The van der Waals surface area contributed by atoms with Crippen LogP contribution in [0.3, 0.4) is 0 Å². The van der Waals surface area contributed by atoms with E-state index in [0.717, 1.165) is 67.0 Å². The Morgan fingerprint density at radius 1 is 1.08 bits per heavy atom. The maximum atomic E-state index is 13.4. The minimum atomic E-state index is -0.627. The normalized spacial score (nSPS) is 17.4. The van der Waals surface area contributed by atoms with Crippen LogP contribution in [-0.2, 0) is 9.53 Å². The largest absolute Gasteiger partial charge is 0.465 e. The van der Waals surface area contributed by atoms with E-state index in [1.807, 2.05) is 69.3 Å². The van der Waals surface area contributed by atoms with Crippen LogP contribution in [0.5, 0.6) is 0 Å². The van der Waals surface area contributed by atoms with Crippen LogP contribution in [0.1, 0.15) is 77.1 Å². The number of fused-ring (bicyclic) bond motifs is 1. The molecule has 0 saturated heterocycles. The summed E-state index contributed by atoms with van der Waals surface area (Å²) in [5, 5.41) is 7.18. The number of benzene rings is 2. The van der Waals surface area contributed by atoms with Gasteiger partial charge >= 0.3 is 5.97 Å². The molecule has 0 spiro atoms. The third-order valence-corrected chi connectivity index (χ3v) is 7.85. The fraction of sp³-hybridized carbons (Fsp3) is 0.517. The molecular formula is C29H41N3O3S. The van der Waals surface area contributed by atoms with Crippen LogP contribution in [0.2, 0.25) is 0 Å². The minimum absolute atomic E-state index is 0.131. The van der Waals surface area contributed by atoms with Crippen molar-refractivity contribution < 1.29 is 14.3 Å². The molecule has 2 N–H and O–H groups in total. The first-order valence-electron chi connectivity index (χ1n) is 13.2. The fourth-order valence-corrected chi connectivity index (χ4v) is 5.73. The van der Waals surface area contributed by atoms with E-state index in [9.17, 15) is 9.59 Å². The molecule has 0 saturated carbocycles.